The monoisotopic (exact) mass is 363 g/mol. The van der Waals surface area contributed by atoms with Crippen molar-refractivity contribution < 1.29 is 12.9 Å². The fraction of sp³-hybridized carbons (Fsp3) is 0.556. The Morgan fingerprint density at radius 1 is 1.16 bits per heavy atom. The van der Waals surface area contributed by atoms with Crippen molar-refractivity contribution in [3.8, 4) is 0 Å². The molecular weight excluding hydrogens is 338 g/mol. The van der Waals surface area contributed by atoms with Gasteiger partial charge in [0.1, 0.15) is 0 Å². The third-order valence-electron chi connectivity index (χ3n) is 5.08. The molecule has 0 radical (unpaired) electrons. The molecule has 3 rings (SSSR count). The minimum absolute atomic E-state index is 0.245. The molecule has 25 heavy (non-hydrogen) atoms. The van der Waals surface area contributed by atoms with Gasteiger partial charge in [-0.2, -0.15) is 9.29 Å². The van der Waals surface area contributed by atoms with E-state index < -0.39 is 10.0 Å². The number of nitrogens with zero attached hydrogens (tertiary/aromatic N) is 3. The Labute approximate surface area is 149 Å². The van der Waals surface area contributed by atoms with Crippen LogP contribution in [0.3, 0.4) is 0 Å². The summed E-state index contributed by atoms with van der Waals surface area (Å²) in [5.74, 6) is 1.59. The fourth-order valence-corrected chi connectivity index (χ4v) is 4.60. The number of hydrogen-bond acceptors (Lipinski definition) is 5. The van der Waals surface area contributed by atoms with E-state index in [1.165, 1.54) is 0 Å². The lowest BCUT2D eigenvalue weighted by atomic mass is 9.80. The summed E-state index contributed by atoms with van der Waals surface area (Å²) in [5, 5.41) is 4.03. The van der Waals surface area contributed by atoms with Gasteiger partial charge in [-0.15, -0.1) is 0 Å². The van der Waals surface area contributed by atoms with E-state index in [0.717, 1.165) is 5.56 Å². The normalized spacial score (nSPS) is 18.6. The van der Waals surface area contributed by atoms with E-state index in [4.69, 9.17) is 4.52 Å². The molecule has 6 nitrogen and oxygen atoms in total. The maximum atomic E-state index is 12.9. The van der Waals surface area contributed by atoms with Crippen molar-refractivity contribution in [3.05, 3.63) is 41.5 Å². The number of rotatable bonds is 4. The van der Waals surface area contributed by atoms with Crippen LogP contribution in [0.1, 0.15) is 56.8 Å². The van der Waals surface area contributed by atoms with E-state index in [9.17, 15) is 8.42 Å². The molecule has 0 spiro atoms. The maximum absolute atomic E-state index is 12.9. The summed E-state index contributed by atoms with van der Waals surface area (Å²) in [6.45, 7) is 8.93. The summed E-state index contributed by atoms with van der Waals surface area (Å²) in [4.78, 5) is 4.69. The summed E-state index contributed by atoms with van der Waals surface area (Å²) < 4.78 is 32.4. The molecule has 1 aliphatic rings. The fourth-order valence-electron chi connectivity index (χ4n) is 3.16. The number of aromatic nitrogens is 2. The van der Waals surface area contributed by atoms with Crippen molar-refractivity contribution >= 4 is 10.0 Å². The second kappa shape index (κ2) is 6.53. The lowest BCUT2D eigenvalue weighted by Crippen LogP contribution is -2.44. The Kier molecular flexibility index (Phi) is 4.72. The van der Waals surface area contributed by atoms with Gasteiger partial charge in [0.2, 0.25) is 15.9 Å². The topological polar surface area (TPSA) is 76.3 Å². The molecule has 1 fully saturated rings. The number of piperidine rings is 1. The van der Waals surface area contributed by atoms with Crippen LogP contribution < -0.4 is 0 Å². The highest BCUT2D eigenvalue weighted by molar-refractivity contribution is 7.89. The molecule has 0 saturated carbocycles. The second-order valence-corrected chi connectivity index (χ2v) is 9.26. The molecule has 0 bridgehead atoms. The number of benzene rings is 1. The molecule has 0 amide bonds. The highest BCUT2D eigenvalue weighted by Crippen LogP contribution is 2.35. The van der Waals surface area contributed by atoms with Crippen molar-refractivity contribution in [1.82, 2.24) is 14.4 Å². The van der Waals surface area contributed by atoms with Gasteiger partial charge in [-0.1, -0.05) is 38.1 Å². The van der Waals surface area contributed by atoms with Gasteiger partial charge >= 0.3 is 0 Å². The van der Waals surface area contributed by atoms with Crippen LogP contribution in [0.15, 0.2) is 33.7 Å². The van der Waals surface area contributed by atoms with Gasteiger partial charge in [0.15, 0.2) is 5.82 Å². The first-order valence-electron chi connectivity index (χ1n) is 8.63. The maximum Gasteiger partial charge on any atom is 0.243 e. The Hall–Kier alpha value is -1.73. The second-order valence-electron chi connectivity index (χ2n) is 7.33. The molecular formula is C18H25N3O3S. The number of hydrogen-bond donors (Lipinski definition) is 0. The molecule has 0 atom stereocenters. The van der Waals surface area contributed by atoms with Gasteiger partial charge in [0.05, 0.1) is 4.90 Å². The molecule has 1 aromatic heterocycles. The van der Waals surface area contributed by atoms with E-state index in [1.54, 1.807) is 23.4 Å². The van der Waals surface area contributed by atoms with Crippen molar-refractivity contribution in [2.75, 3.05) is 13.1 Å². The predicted molar refractivity (Wildman–Crippen MR) is 94.9 cm³/mol. The van der Waals surface area contributed by atoms with E-state index >= 15 is 0 Å². The van der Waals surface area contributed by atoms with Crippen molar-refractivity contribution in [1.29, 1.82) is 0 Å². The van der Waals surface area contributed by atoms with Gasteiger partial charge in [0, 0.05) is 25.4 Å². The molecule has 1 saturated heterocycles. The van der Waals surface area contributed by atoms with Crippen molar-refractivity contribution in [2.45, 2.75) is 56.8 Å². The Balaban J connectivity index is 1.75. The summed E-state index contributed by atoms with van der Waals surface area (Å²) in [6.07, 6.45) is 1.35. The SMILES string of the molecule is Cc1nc(C2(C)CCN(S(=O)(=O)c3ccc(C(C)C)cc3)CC2)no1. The van der Waals surface area contributed by atoms with Gasteiger partial charge < -0.3 is 4.52 Å². The highest BCUT2D eigenvalue weighted by atomic mass is 32.2. The van der Waals surface area contributed by atoms with Crippen LogP contribution in [-0.2, 0) is 15.4 Å². The summed E-state index contributed by atoms with van der Waals surface area (Å²) in [6, 6.07) is 7.21. The molecule has 0 aliphatic carbocycles. The Morgan fingerprint density at radius 3 is 2.24 bits per heavy atom. The van der Waals surface area contributed by atoms with E-state index in [-0.39, 0.29) is 5.41 Å². The van der Waals surface area contributed by atoms with Crippen LogP contribution in [0.25, 0.3) is 0 Å². The standard InChI is InChI=1S/C18H25N3O3S/c1-13(2)15-5-7-16(8-6-15)25(22,23)21-11-9-18(4,10-12-21)17-19-14(3)24-20-17/h5-8,13H,9-12H2,1-4H3. The first kappa shape index (κ1) is 18.1. The number of sulfonamides is 1. The minimum atomic E-state index is -3.46. The van der Waals surface area contributed by atoms with Crippen LogP contribution in [0.5, 0.6) is 0 Å². The zero-order valence-electron chi connectivity index (χ0n) is 15.2. The molecule has 2 aromatic rings. The van der Waals surface area contributed by atoms with Gasteiger partial charge in [0.25, 0.3) is 0 Å². The van der Waals surface area contributed by atoms with Crippen LogP contribution in [0, 0.1) is 6.92 Å². The number of aryl methyl sites for hydroxylation is 1. The zero-order chi connectivity index (χ0) is 18.2. The first-order chi connectivity index (χ1) is 11.7. The largest absolute Gasteiger partial charge is 0.340 e. The molecule has 0 unspecified atom stereocenters. The molecule has 1 aromatic carbocycles. The average Bonchev–Trinajstić information content (AvgIpc) is 3.03. The van der Waals surface area contributed by atoms with E-state index in [1.807, 2.05) is 12.1 Å². The van der Waals surface area contributed by atoms with Crippen LogP contribution in [0.2, 0.25) is 0 Å². The van der Waals surface area contributed by atoms with Crippen LogP contribution in [0.4, 0.5) is 0 Å². The average molecular weight is 363 g/mol. The Morgan fingerprint density at radius 2 is 1.76 bits per heavy atom. The summed E-state index contributed by atoms with van der Waals surface area (Å²) in [7, 11) is -3.46. The minimum Gasteiger partial charge on any atom is -0.340 e. The van der Waals surface area contributed by atoms with Crippen molar-refractivity contribution in [3.63, 3.8) is 0 Å². The third-order valence-corrected chi connectivity index (χ3v) is 6.99. The molecule has 1 aliphatic heterocycles. The molecule has 0 N–H and O–H groups in total. The predicted octanol–water partition coefficient (Wildman–Crippen LogP) is 3.24. The molecule has 2 heterocycles. The lowest BCUT2D eigenvalue weighted by molar-refractivity contribution is 0.233. The van der Waals surface area contributed by atoms with E-state index in [0.29, 0.717) is 48.5 Å². The van der Waals surface area contributed by atoms with E-state index in [2.05, 4.69) is 30.9 Å². The molecule has 136 valence electrons. The lowest BCUT2D eigenvalue weighted by Gasteiger charge is -2.36. The van der Waals surface area contributed by atoms with Crippen LogP contribution >= 0.6 is 0 Å². The van der Waals surface area contributed by atoms with Gasteiger partial charge in [-0.25, -0.2) is 8.42 Å². The summed E-state index contributed by atoms with van der Waals surface area (Å²) in [5.41, 5.74) is 0.892. The zero-order valence-corrected chi connectivity index (χ0v) is 16.0. The Bertz CT molecular complexity index is 833. The summed E-state index contributed by atoms with van der Waals surface area (Å²) >= 11 is 0. The molecule has 7 heteroatoms. The quantitative estimate of drug-likeness (QED) is 0.833. The van der Waals surface area contributed by atoms with Gasteiger partial charge in [-0.3, -0.25) is 0 Å². The van der Waals surface area contributed by atoms with Gasteiger partial charge in [-0.05, 0) is 36.5 Å². The van der Waals surface area contributed by atoms with Crippen molar-refractivity contribution in [2.24, 2.45) is 0 Å². The highest BCUT2D eigenvalue weighted by Gasteiger charge is 2.39. The van der Waals surface area contributed by atoms with Crippen LogP contribution in [-0.4, -0.2) is 36.0 Å². The smallest absolute Gasteiger partial charge is 0.243 e. The first-order valence-corrected chi connectivity index (χ1v) is 10.1. The third kappa shape index (κ3) is 3.48.